The second kappa shape index (κ2) is 5.95. The maximum atomic E-state index is 6.12. The zero-order valence-corrected chi connectivity index (χ0v) is 13.0. The van der Waals surface area contributed by atoms with Crippen molar-refractivity contribution < 1.29 is 4.74 Å². The van der Waals surface area contributed by atoms with Gasteiger partial charge in [0.15, 0.2) is 5.82 Å². The third-order valence-corrected chi connectivity index (χ3v) is 4.20. The van der Waals surface area contributed by atoms with Crippen molar-refractivity contribution in [3.05, 3.63) is 44.2 Å². The number of benzene rings is 1. The van der Waals surface area contributed by atoms with Crippen LogP contribution in [0.2, 0.25) is 5.15 Å². The molecule has 2 rings (SSSR count). The lowest BCUT2D eigenvalue weighted by atomic mass is 10.1. The molecule has 0 fully saturated rings. The van der Waals surface area contributed by atoms with Gasteiger partial charge in [0.1, 0.15) is 5.15 Å². The fourth-order valence-corrected chi connectivity index (χ4v) is 2.11. The van der Waals surface area contributed by atoms with Crippen LogP contribution in [0.5, 0.6) is 0 Å². The van der Waals surface area contributed by atoms with Crippen molar-refractivity contribution >= 4 is 34.2 Å². The van der Waals surface area contributed by atoms with Crippen LogP contribution in [-0.4, -0.2) is 17.1 Å². The van der Waals surface area contributed by atoms with Crippen LogP contribution in [0, 0.1) is 10.5 Å². The van der Waals surface area contributed by atoms with Crippen molar-refractivity contribution in [2.45, 2.75) is 13.5 Å². The Labute approximate surface area is 125 Å². The maximum absolute atomic E-state index is 6.12. The van der Waals surface area contributed by atoms with E-state index in [1.54, 1.807) is 7.11 Å². The second-order valence-electron chi connectivity index (χ2n) is 3.90. The molecule has 0 bridgehead atoms. The average Bonchev–Trinajstić information content (AvgIpc) is 2.36. The Kier molecular flexibility index (Phi) is 4.53. The topological polar surface area (TPSA) is 35.0 Å². The first-order valence-corrected chi connectivity index (χ1v) is 6.85. The van der Waals surface area contributed by atoms with E-state index in [2.05, 4.69) is 32.6 Å². The van der Waals surface area contributed by atoms with Gasteiger partial charge in [-0.25, -0.2) is 9.97 Å². The van der Waals surface area contributed by atoms with Crippen molar-refractivity contribution in [2.75, 3.05) is 7.11 Å². The molecule has 0 atom stereocenters. The second-order valence-corrected chi connectivity index (χ2v) is 5.33. The smallest absolute Gasteiger partial charge is 0.161 e. The van der Waals surface area contributed by atoms with Gasteiger partial charge in [0, 0.05) is 12.7 Å². The molecule has 1 aromatic carbocycles. The molecule has 0 saturated heterocycles. The molecule has 2 aromatic rings. The van der Waals surface area contributed by atoms with Crippen LogP contribution in [0.3, 0.4) is 0 Å². The molecule has 0 aliphatic carbocycles. The molecule has 0 aliphatic rings. The Morgan fingerprint density at radius 3 is 2.50 bits per heavy atom. The normalized spacial score (nSPS) is 10.7. The van der Waals surface area contributed by atoms with E-state index in [4.69, 9.17) is 16.3 Å². The molecule has 18 heavy (non-hydrogen) atoms. The summed E-state index contributed by atoms with van der Waals surface area (Å²) in [7, 11) is 1.64. The van der Waals surface area contributed by atoms with Crippen molar-refractivity contribution in [2.24, 2.45) is 0 Å². The number of hydrogen-bond donors (Lipinski definition) is 0. The number of aryl methyl sites for hydroxylation is 1. The first kappa shape index (κ1) is 13.7. The molecule has 1 heterocycles. The molecule has 0 aliphatic heterocycles. The Balaban J connectivity index is 2.48. The number of rotatable bonds is 3. The Morgan fingerprint density at radius 2 is 1.89 bits per heavy atom. The highest BCUT2D eigenvalue weighted by atomic mass is 127. The molecular formula is C13H12ClIN2O. The van der Waals surface area contributed by atoms with Gasteiger partial charge in [-0.1, -0.05) is 41.4 Å². The predicted octanol–water partition coefficient (Wildman–Crippen LogP) is 3.86. The molecule has 0 saturated carbocycles. The monoisotopic (exact) mass is 374 g/mol. The van der Waals surface area contributed by atoms with E-state index in [1.165, 1.54) is 5.56 Å². The third kappa shape index (κ3) is 2.99. The zero-order chi connectivity index (χ0) is 13.1. The molecular weight excluding hydrogens is 363 g/mol. The molecule has 0 N–H and O–H groups in total. The minimum Gasteiger partial charge on any atom is -0.378 e. The molecule has 0 spiro atoms. The minimum atomic E-state index is 0.430. The quantitative estimate of drug-likeness (QED) is 0.604. The van der Waals surface area contributed by atoms with Crippen LogP contribution in [0.15, 0.2) is 24.3 Å². The summed E-state index contributed by atoms with van der Waals surface area (Å²) in [5.41, 5.74) is 2.97. The van der Waals surface area contributed by atoms with E-state index in [1.807, 2.05) is 31.2 Å². The third-order valence-electron chi connectivity index (χ3n) is 2.47. The first-order chi connectivity index (χ1) is 8.61. The van der Waals surface area contributed by atoms with Crippen molar-refractivity contribution in [3.8, 4) is 11.4 Å². The van der Waals surface area contributed by atoms with E-state index < -0.39 is 0 Å². The van der Waals surface area contributed by atoms with Crippen LogP contribution in [0.25, 0.3) is 11.4 Å². The van der Waals surface area contributed by atoms with E-state index in [0.29, 0.717) is 17.6 Å². The summed E-state index contributed by atoms with van der Waals surface area (Å²) in [5.74, 6) is 0.632. The molecule has 94 valence electrons. The van der Waals surface area contributed by atoms with E-state index in [9.17, 15) is 0 Å². The molecule has 0 radical (unpaired) electrons. The Morgan fingerprint density at radius 1 is 1.22 bits per heavy atom. The fraction of sp³-hybridized carbons (Fsp3) is 0.231. The van der Waals surface area contributed by atoms with Gasteiger partial charge in [0.2, 0.25) is 0 Å². The summed E-state index contributed by atoms with van der Waals surface area (Å²) in [6, 6.07) is 8.04. The number of methoxy groups -OCH3 is 1. The van der Waals surface area contributed by atoms with Crippen molar-refractivity contribution in [3.63, 3.8) is 0 Å². The van der Waals surface area contributed by atoms with Crippen LogP contribution in [0.1, 0.15) is 11.3 Å². The molecule has 0 unspecified atom stereocenters. The van der Waals surface area contributed by atoms with E-state index >= 15 is 0 Å². The van der Waals surface area contributed by atoms with Gasteiger partial charge in [0.25, 0.3) is 0 Å². The first-order valence-electron chi connectivity index (χ1n) is 5.39. The van der Waals surface area contributed by atoms with Gasteiger partial charge in [-0.15, -0.1) is 0 Å². The summed E-state index contributed by atoms with van der Waals surface area (Å²) in [6.45, 7) is 2.47. The van der Waals surface area contributed by atoms with Gasteiger partial charge in [-0.05, 0) is 29.5 Å². The highest BCUT2D eigenvalue weighted by molar-refractivity contribution is 14.1. The summed E-state index contributed by atoms with van der Waals surface area (Å²) < 4.78 is 5.96. The standard InChI is InChI=1S/C13H12ClIN2O/c1-8-3-5-9(6-4-8)13-16-10(7-18-2)11(15)12(14)17-13/h3-6H,7H2,1-2H3. The maximum Gasteiger partial charge on any atom is 0.161 e. The number of aromatic nitrogens is 2. The minimum absolute atomic E-state index is 0.430. The van der Waals surface area contributed by atoms with Gasteiger partial charge in [-0.2, -0.15) is 0 Å². The SMILES string of the molecule is COCc1nc(-c2ccc(C)cc2)nc(Cl)c1I. The number of halogens is 2. The zero-order valence-electron chi connectivity index (χ0n) is 10.1. The average molecular weight is 375 g/mol. The Hall–Kier alpha value is -0.720. The van der Waals surface area contributed by atoms with Crippen LogP contribution >= 0.6 is 34.2 Å². The molecule has 5 heteroatoms. The number of hydrogen-bond acceptors (Lipinski definition) is 3. The summed E-state index contributed by atoms with van der Waals surface area (Å²) in [4.78, 5) is 8.80. The predicted molar refractivity (Wildman–Crippen MR) is 80.6 cm³/mol. The van der Waals surface area contributed by atoms with Gasteiger partial charge in [0.05, 0.1) is 15.9 Å². The van der Waals surface area contributed by atoms with Crippen molar-refractivity contribution in [1.82, 2.24) is 9.97 Å². The van der Waals surface area contributed by atoms with E-state index in [0.717, 1.165) is 14.8 Å². The lowest BCUT2D eigenvalue weighted by molar-refractivity contribution is 0.181. The largest absolute Gasteiger partial charge is 0.378 e. The molecule has 0 amide bonds. The van der Waals surface area contributed by atoms with Crippen LogP contribution in [-0.2, 0) is 11.3 Å². The lowest BCUT2D eigenvalue weighted by Gasteiger charge is -2.07. The summed E-state index contributed by atoms with van der Waals surface area (Å²) in [5, 5.41) is 0.466. The lowest BCUT2D eigenvalue weighted by Crippen LogP contribution is -2.02. The van der Waals surface area contributed by atoms with E-state index in [-0.39, 0.29) is 0 Å². The highest BCUT2D eigenvalue weighted by Gasteiger charge is 2.11. The van der Waals surface area contributed by atoms with Gasteiger partial charge >= 0.3 is 0 Å². The van der Waals surface area contributed by atoms with Crippen molar-refractivity contribution in [1.29, 1.82) is 0 Å². The molecule has 3 nitrogen and oxygen atoms in total. The number of nitrogens with zero attached hydrogens (tertiary/aromatic N) is 2. The summed E-state index contributed by atoms with van der Waals surface area (Å²) in [6.07, 6.45) is 0. The molecule has 1 aromatic heterocycles. The Bertz CT molecular complexity index is 558. The van der Waals surface area contributed by atoms with Gasteiger partial charge < -0.3 is 4.74 Å². The summed E-state index contributed by atoms with van der Waals surface area (Å²) >= 11 is 8.25. The van der Waals surface area contributed by atoms with Crippen LogP contribution < -0.4 is 0 Å². The van der Waals surface area contributed by atoms with Gasteiger partial charge in [-0.3, -0.25) is 0 Å². The highest BCUT2D eigenvalue weighted by Crippen LogP contribution is 2.24. The van der Waals surface area contributed by atoms with Crippen LogP contribution in [0.4, 0.5) is 0 Å². The number of ether oxygens (including phenoxy) is 1. The fourth-order valence-electron chi connectivity index (χ4n) is 1.53.